The Balaban J connectivity index is 0.000000196. The molecule has 7 aromatic rings. The SMILES string of the molecule is [CH2-]c1ccc2c(oc3cc(-c4ccccc4)ccc32)c1-c1c2c(cc[n+]1[CH2-])CCCC2.[CH2-]c1ccccc1-c1cc[c]([Ge]([CH3])([CH3])[CH3])c[n+]1[CH2-].[Ir]. The minimum atomic E-state index is -1.78. The van der Waals surface area contributed by atoms with Gasteiger partial charge in [0.2, 0.25) is 0 Å². The Morgan fingerprint density at radius 2 is 1.40 bits per heavy atom. The van der Waals surface area contributed by atoms with Gasteiger partial charge in [0.05, 0.1) is 17.5 Å². The van der Waals surface area contributed by atoms with Crippen LogP contribution in [-0.4, -0.2) is 13.3 Å². The van der Waals surface area contributed by atoms with E-state index in [9.17, 15) is 0 Å². The second-order valence-electron chi connectivity index (χ2n) is 14.2. The summed E-state index contributed by atoms with van der Waals surface area (Å²) in [5.74, 6) is 7.18. The number of furan rings is 1. The van der Waals surface area contributed by atoms with E-state index in [1.54, 1.807) is 0 Å². The van der Waals surface area contributed by atoms with Gasteiger partial charge in [-0.1, -0.05) is 53.6 Å². The van der Waals surface area contributed by atoms with Gasteiger partial charge < -0.3 is 8.98 Å². The molecule has 0 fully saturated rings. The molecule has 0 saturated carbocycles. The summed E-state index contributed by atoms with van der Waals surface area (Å²) in [6.07, 6.45) is 8.94. The number of aromatic nitrogens is 2. The molecule has 255 valence electrons. The normalized spacial score (nSPS) is 12.5. The molecular weight excluding hydrogens is 849 g/mol. The summed E-state index contributed by atoms with van der Waals surface area (Å²) in [6.45, 7) is 8.45. The average Bonchev–Trinajstić information content (AvgIpc) is 3.47. The minimum Gasteiger partial charge on any atom is 0 e. The van der Waals surface area contributed by atoms with Crippen LogP contribution in [0.4, 0.5) is 0 Å². The largest absolute Gasteiger partial charge is 0 e. The summed E-state index contributed by atoms with van der Waals surface area (Å²) in [5.41, 5.74) is 13.5. The van der Waals surface area contributed by atoms with E-state index < -0.39 is 13.3 Å². The number of aryl methyl sites for hydroxylation is 1. The van der Waals surface area contributed by atoms with Crippen LogP contribution in [-0.2, 0) is 32.9 Å². The summed E-state index contributed by atoms with van der Waals surface area (Å²) in [6, 6.07) is 36.0. The van der Waals surface area contributed by atoms with Gasteiger partial charge in [-0.2, -0.15) is 18.6 Å². The molecule has 0 spiro atoms. The van der Waals surface area contributed by atoms with E-state index in [2.05, 4.69) is 136 Å². The molecule has 0 bridgehead atoms. The molecule has 0 aliphatic heterocycles. The van der Waals surface area contributed by atoms with Crippen LogP contribution in [0.5, 0.6) is 0 Å². The quantitative estimate of drug-likeness (QED) is 0.0980. The van der Waals surface area contributed by atoms with Crippen molar-refractivity contribution in [2.24, 2.45) is 0 Å². The van der Waals surface area contributed by atoms with Gasteiger partial charge in [0.1, 0.15) is 5.58 Å². The van der Waals surface area contributed by atoms with Gasteiger partial charge in [0.25, 0.3) is 0 Å². The van der Waals surface area contributed by atoms with Gasteiger partial charge in [-0.15, -0.1) is 6.07 Å². The van der Waals surface area contributed by atoms with Crippen LogP contribution >= 0.6 is 0 Å². The third-order valence-corrected chi connectivity index (χ3v) is 14.0. The molecule has 0 amide bonds. The Morgan fingerprint density at radius 1 is 0.680 bits per heavy atom. The third-order valence-electron chi connectivity index (χ3n) is 9.80. The topological polar surface area (TPSA) is 20.9 Å². The van der Waals surface area contributed by atoms with Crippen LogP contribution < -0.4 is 13.5 Å². The van der Waals surface area contributed by atoms with Crippen molar-refractivity contribution >= 4 is 39.6 Å². The monoisotopic (exact) mass is 895 g/mol. The zero-order chi connectivity index (χ0) is 34.3. The van der Waals surface area contributed by atoms with E-state index >= 15 is 0 Å². The number of hydrogen-bond acceptors (Lipinski definition) is 1. The number of fused-ring (bicyclic) bond motifs is 4. The number of rotatable bonds is 4. The Kier molecular flexibility index (Phi) is 10.3. The number of benzene rings is 4. The maximum absolute atomic E-state index is 6.55. The third kappa shape index (κ3) is 6.85. The van der Waals surface area contributed by atoms with Gasteiger partial charge in [-0.25, -0.2) is 0 Å². The van der Waals surface area contributed by atoms with Crippen LogP contribution in [0.25, 0.3) is 55.6 Å². The van der Waals surface area contributed by atoms with Crippen molar-refractivity contribution in [1.82, 2.24) is 0 Å². The van der Waals surface area contributed by atoms with Gasteiger partial charge in [0.15, 0.2) is 0 Å². The van der Waals surface area contributed by atoms with E-state index in [-0.39, 0.29) is 20.1 Å². The van der Waals surface area contributed by atoms with Crippen molar-refractivity contribution in [2.45, 2.75) is 43.0 Å². The molecule has 4 aromatic carbocycles. The van der Waals surface area contributed by atoms with E-state index in [0.717, 1.165) is 74.0 Å². The molecule has 1 radical (unpaired) electrons. The molecule has 8 rings (SSSR count). The molecule has 5 heteroatoms. The predicted molar refractivity (Wildman–Crippen MR) is 207 cm³/mol. The van der Waals surface area contributed by atoms with E-state index in [1.165, 1.54) is 33.9 Å². The van der Waals surface area contributed by atoms with Gasteiger partial charge in [0, 0.05) is 37.9 Å². The first-order valence-corrected chi connectivity index (χ1v) is 24.5. The van der Waals surface area contributed by atoms with Crippen molar-refractivity contribution < 1.29 is 33.7 Å². The molecule has 3 nitrogen and oxygen atoms in total. The maximum Gasteiger partial charge on any atom is 0 e. The van der Waals surface area contributed by atoms with Crippen LogP contribution in [0.15, 0.2) is 120 Å². The summed E-state index contributed by atoms with van der Waals surface area (Å²) in [4.78, 5) is 0. The molecular formula is C45H44GeIrN2O-2. The predicted octanol–water partition coefficient (Wildman–Crippen LogP) is 9.91. The smallest absolute Gasteiger partial charge is 0 e. The van der Waals surface area contributed by atoms with E-state index in [4.69, 9.17) is 4.42 Å². The van der Waals surface area contributed by atoms with Crippen molar-refractivity contribution in [2.75, 3.05) is 0 Å². The first-order chi connectivity index (χ1) is 23.6. The van der Waals surface area contributed by atoms with Gasteiger partial charge >= 0.3 is 113 Å². The van der Waals surface area contributed by atoms with Crippen LogP contribution in [0, 0.1) is 27.9 Å². The molecule has 3 aromatic heterocycles. The Morgan fingerprint density at radius 3 is 2.14 bits per heavy atom. The first kappa shape index (κ1) is 35.5. The molecule has 0 saturated heterocycles. The zero-order valence-corrected chi connectivity index (χ0v) is 33.8. The Bertz CT molecular complexity index is 2320. The first-order valence-electron chi connectivity index (χ1n) is 17.1. The van der Waals surface area contributed by atoms with Crippen LogP contribution in [0.1, 0.15) is 35.1 Å². The Labute approximate surface area is 313 Å². The molecule has 0 N–H and O–H groups in total. The molecule has 1 aliphatic rings. The van der Waals surface area contributed by atoms with E-state index in [0.29, 0.717) is 0 Å². The standard InChI is InChI=1S/C29H24NO.C16H20GeN.Ir/c1-19-12-14-25-24-15-13-22(20-8-4-3-5-9-20)18-26(24)31-29(25)27(19)28-23-11-7-6-10-21(23)16-17-30(28)2;1-13-8-6-7-9-15(13)16-11-10-14(12-18(16)5)17(2,3)4;/h3-5,8-9,12-18H,1-2,6-7,10-11H2;6-12H,1,5H2,2-4H3;/q2*-1;. The van der Waals surface area contributed by atoms with Crippen molar-refractivity contribution in [3.8, 4) is 33.6 Å². The summed E-state index contributed by atoms with van der Waals surface area (Å²) < 4.78 is 12.0. The van der Waals surface area contributed by atoms with Crippen LogP contribution in [0.2, 0.25) is 17.3 Å². The number of hydrogen-bond donors (Lipinski definition) is 0. The van der Waals surface area contributed by atoms with Crippen molar-refractivity contribution in [3.63, 3.8) is 0 Å². The molecule has 0 unspecified atom stereocenters. The van der Waals surface area contributed by atoms with E-state index in [1.807, 2.05) is 33.4 Å². The van der Waals surface area contributed by atoms with Crippen molar-refractivity contribution in [3.05, 3.63) is 166 Å². The van der Waals surface area contributed by atoms with Gasteiger partial charge in [-0.3, -0.25) is 0 Å². The second kappa shape index (κ2) is 14.5. The molecule has 1 aliphatic carbocycles. The molecule has 50 heavy (non-hydrogen) atoms. The summed E-state index contributed by atoms with van der Waals surface area (Å²) in [5, 5.41) is 2.27. The second-order valence-corrected chi connectivity index (χ2v) is 24.8. The average molecular weight is 894 g/mol. The maximum atomic E-state index is 6.55. The zero-order valence-electron chi connectivity index (χ0n) is 29.3. The van der Waals surface area contributed by atoms with Gasteiger partial charge in [-0.05, 0) is 54.5 Å². The summed E-state index contributed by atoms with van der Waals surface area (Å²) >= 11 is -1.78. The number of pyridine rings is 2. The fraction of sp³-hybridized carbons (Fsp3) is 0.156. The Hall–Kier alpha value is -4.35. The van der Waals surface area contributed by atoms with Crippen molar-refractivity contribution in [1.29, 1.82) is 0 Å². The fourth-order valence-corrected chi connectivity index (χ4v) is 9.42. The minimum absolute atomic E-state index is 0. The number of nitrogens with zero attached hydrogens (tertiary/aromatic N) is 2. The fourth-order valence-electron chi connectivity index (χ4n) is 7.06. The summed E-state index contributed by atoms with van der Waals surface area (Å²) in [7, 11) is 8.44. The van der Waals surface area contributed by atoms with Crippen LogP contribution in [0.3, 0.4) is 0 Å². The molecule has 0 atom stereocenters. The molecule has 3 heterocycles.